The molecular weight excluding hydrogens is 332 g/mol. The summed E-state index contributed by atoms with van der Waals surface area (Å²) in [6.45, 7) is 5.28. The fourth-order valence-electron chi connectivity index (χ4n) is 3.01. The Labute approximate surface area is 142 Å². The Morgan fingerprint density at radius 3 is 2.71 bits per heavy atom. The first kappa shape index (κ1) is 17.5. The van der Waals surface area contributed by atoms with Crippen LogP contribution in [0, 0.1) is 0 Å². The van der Waals surface area contributed by atoms with Gasteiger partial charge in [0.15, 0.2) is 11.5 Å². The van der Waals surface area contributed by atoms with E-state index in [4.69, 9.17) is 14.2 Å². The van der Waals surface area contributed by atoms with Gasteiger partial charge in [0.25, 0.3) is 0 Å². The molecule has 2 heterocycles. The standard InChI is InChI=1S/C16H24N2O5S/c1-2-9-24(19,20)17-11-14(18-5-7-21-8-6-18)13-3-4-15-16(10-13)23-12-22-15/h3-4,10,14,17H,2,5-9,11-12H2,1H3. The van der Waals surface area contributed by atoms with E-state index in [0.29, 0.717) is 31.9 Å². The van der Waals surface area contributed by atoms with Crippen molar-refractivity contribution in [2.24, 2.45) is 0 Å². The van der Waals surface area contributed by atoms with Gasteiger partial charge in [-0.15, -0.1) is 0 Å². The van der Waals surface area contributed by atoms with Crippen LogP contribution in [-0.2, 0) is 14.8 Å². The number of rotatable bonds is 7. The number of ether oxygens (including phenoxy) is 3. The number of nitrogens with zero attached hydrogens (tertiary/aromatic N) is 1. The van der Waals surface area contributed by atoms with Crippen LogP contribution in [0.25, 0.3) is 0 Å². The Morgan fingerprint density at radius 2 is 1.96 bits per heavy atom. The molecule has 1 N–H and O–H groups in total. The van der Waals surface area contributed by atoms with Gasteiger partial charge in [-0.25, -0.2) is 13.1 Å². The van der Waals surface area contributed by atoms with E-state index in [2.05, 4.69) is 9.62 Å². The molecule has 0 amide bonds. The van der Waals surface area contributed by atoms with Crippen molar-refractivity contribution in [2.75, 3.05) is 45.4 Å². The number of hydrogen-bond acceptors (Lipinski definition) is 6. The number of hydrogen-bond donors (Lipinski definition) is 1. The third-order valence-corrected chi connectivity index (χ3v) is 5.79. The highest BCUT2D eigenvalue weighted by molar-refractivity contribution is 7.89. The van der Waals surface area contributed by atoms with Crippen molar-refractivity contribution < 1.29 is 22.6 Å². The zero-order valence-electron chi connectivity index (χ0n) is 13.9. The normalized spacial score (nSPS) is 19.4. The van der Waals surface area contributed by atoms with Crippen molar-refractivity contribution in [3.63, 3.8) is 0 Å². The zero-order valence-corrected chi connectivity index (χ0v) is 14.7. The molecule has 0 aliphatic carbocycles. The largest absolute Gasteiger partial charge is 0.454 e. The molecule has 3 rings (SSSR count). The van der Waals surface area contributed by atoms with Crippen LogP contribution in [0.5, 0.6) is 11.5 Å². The summed E-state index contributed by atoms with van der Waals surface area (Å²) < 4.78 is 43.0. The Kier molecular flexibility index (Phi) is 5.60. The molecule has 1 atom stereocenters. The van der Waals surface area contributed by atoms with Crippen molar-refractivity contribution in [3.8, 4) is 11.5 Å². The molecule has 0 radical (unpaired) electrons. The van der Waals surface area contributed by atoms with Crippen molar-refractivity contribution >= 4 is 10.0 Å². The molecule has 0 bridgehead atoms. The first-order valence-corrected chi connectivity index (χ1v) is 9.93. The minimum Gasteiger partial charge on any atom is -0.454 e. The maximum Gasteiger partial charge on any atom is 0.231 e. The van der Waals surface area contributed by atoms with Crippen LogP contribution >= 0.6 is 0 Å². The van der Waals surface area contributed by atoms with Crippen LogP contribution in [-0.4, -0.2) is 58.7 Å². The number of fused-ring (bicyclic) bond motifs is 1. The van der Waals surface area contributed by atoms with Crippen molar-refractivity contribution in [2.45, 2.75) is 19.4 Å². The van der Waals surface area contributed by atoms with Gasteiger partial charge in [0, 0.05) is 25.7 Å². The lowest BCUT2D eigenvalue weighted by Crippen LogP contribution is -2.44. The summed E-state index contributed by atoms with van der Waals surface area (Å²) in [7, 11) is -3.25. The van der Waals surface area contributed by atoms with Crippen LogP contribution in [0.4, 0.5) is 0 Å². The summed E-state index contributed by atoms with van der Waals surface area (Å²) in [5.41, 5.74) is 1.01. The lowest BCUT2D eigenvalue weighted by Gasteiger charge is -2.35. The number of nitrogens with one attached hydrogen (secondary N) is 1. The highest BCUT2D eigenvalue weighted by atomic mass is 32.2. The minimum atomic E-state index is -3.25. The van der Waals surface area contributed by atoms with E-state index < -0.39 is 10.0 Å². The van der Waals surface area contributed by atoms with E-state index in [1.165, 1.54) is 0 Å². The number of benzene rings is 1. The monoisotopic (exact) mass is 356 g/mol. The van der Waals surface area contributed by atoms with Crippen molar-refractivity contribution in [1.82, 2.24) is 9.62 Å². The third kappa shape index (κ3) is 4.18. The molecule has 2 aliphatic heterocycles. The number of sulfonamides is 1. The molecule has 2 aliphatic rings. The lowest BCUT2D eigenvalue weighted by atomic mass is 10.0. The molecule has 0 spiro atoms. The van der Waals surface area contributed by atoms with Crippen LogP contribution in [0.1, 0.15) is 24.9 Å². The van der Waals surface area contributed by atoms with Crippen LogP contribution < -0.4 is 14.2 Å². The second-order valence-electron chi connectivity index (χ2n) is 5.94. The van der Waals surface area contributed by atoms with Gasteiger partial charge in [0.2, 0.25) is 16.8 Å². The maximum atomic E-state index is 12.0. The van der Waals surface area contributed by atoms with Gasteiger partial charge in [-0.3, -0.25) is 4.90 Å². The molecule has 1 aromatic carbocycles. The average Bonchev–Trinajstić information content (AvgIpc) is 3.03. The predicted octanol–water partition coefficient (Wildman–Crippen LogP) is 1.12. The highest BCUT2D eigenvalue weighted by Crippen LogP contribution is 2.35. The van der Waals surface area contributed by atoms with Gasteiger partial charge < -0.3 is 14.2 Å². The van der Waals surface area contributed by atoms with E-state index in [9.17, 15) is 8.42 Å². The predicted molar refractivity (Wildman–Crippen MR) is 89.8 cm³/mol. The molecule has 1 aromatic rings. The highest BCUT2D eigenvalue weighted by Gasteiger charge is 2.26. The quantitative estimate of drug-likeness (QED) is 0.789. The van der Waals surface area contributed by atoms with E-state index in [1.54, 1.807) is 0 Å². The molecule has 7 nitrogen and oxygen atoms in total. The molecular formula is C16H24N2O5S. The van der Waals surface area contributed by atoms with Gasteiger partial charge in [-0.05, 0) is 24.1 Å². The first-order valence-electron chi connectivity index (χ1n) is 8.28. The van der Waals surface area contributed by atoms with Gasteiger partial charge in [-0.1, -0.05) is 13.0 Å². The van der Waals surface area contributed by atoms with Crippen LogP contribution in [0.2, 0.25) is 0 Å². The van der Waals surface area contributed by atoms with Crippen molar-refractivity contribution in [1.29, 1.82) is 0 Å². The Balaban J connectivity index is 1.79. The molecule has 1 fully saturated rings. The Bertz CT molecular complexity index is 658. The molecule has 1 unspecified atom stereocenters. The molecule has 1 saturated heterocycles. The topological polar surface area (TPSA) is 77.1 Å². The summed E-state index contributed by atoms with van der Waals surface area (Å²) in [5.74, 6) is 1.58. The van der Waals surface area contributed by atoms with E-state index >= 15 is 0 Å². The summed E-state index contributed by atoms with van der Waals surface area (Å²) in [6, 6.07) is 5.74. The average molecular weight is 356 g/mol. The smallest absolute Gasteiger partial charge is 0.231 e. The van der Waals surface area contributed by atoms with Gasteiger partial charge in [-0.2, -0.15) is 0 Å². The lowest BCUT2D eigenvalue weighted by molar-refractivity contribution is 0.0171. The van der Waals surface area contributed by atoms with Crippen LogP contribution in [0.3, 0.4) is 0 Å². The third-order valence-electron chi connectivity index (χ3n) is 4.24. The second-order valence-corrected chi connectivity index (χ2v) is 7.87. The summed E-state index contributed by atoms with van der Waals surface area (Å²) in [4.78, 5) is 2.25. The summed E-state index contributed by atoms with van der Waals surface area (Å²) >= 11 is 0. The molecule has 24 heavy (non-hydrogen) atoms. The summed E-state index contributed by atoms with van der Waals surface area (Å²) in [5, 5.41) is 0. The maximum absolute atomic E-state index is 12.0. The zero-order chi connectivity index (χ0) is 17.0. The second kappa shape index (κ2) is 7.69. The van der Waals surface area contributed by atoms with E-state index in [-0.39, 0.29) is 18.6 Å². The fraction of sp³-hybridized carbons (Fsp3) is 0.625. The van der Waals surface area contributed by atoms with Gasteiger partial charge in [0.1, 0.15) is 0 Å². The fourth-order valence-corrected chi connectivity index (χ4v) is 4.11. The molecule has 0 saturated carbocycles. The van der Waals surface area contributed by atoms with Crippen LogP contribution in [0.15, 0.2) is 18.2 Å². The molecule has 0 aromatic heterocycles. The van der Waals surface area contributed by atoms with E-state index in [0.717, 1.165) is 24.4 Å². The molecule has 134 valence electrons. The SMILES string of the molecule is CCCS(=O)(=O)NCC(c1ccc2c(c1)OCO2)N1CCOCC1. The molecule has 8 heteroatoms. The summed E-state index contributed by atoms with van der Waals surface area (Å²) in [6.07, 6.45) is 0.599. The first-order chi connectivity index (χ1) is 11.6. The van der Waals surface area contributed by atoms with E-state index in [1.807, 2.05) is 25.1 Å². The van der Waals surface area contributed by atoms with Gasteiger partial charge in [0.05, 0.1) is 19.0 Å². The minimum absolute atomic E-state index is 0.0602. The Hall–Kier alpha value is -1.35. The van der Waals surface area contributed by atoms with Gasteiger partial charge >= 0.3 is 0 Å². The Morgan fingerprint density at radius 1 is 1.21 bits per heavy atom. The number of morpholine rings is 1. The van der Waals surface area contributed by atoms with Crippen molar-refractivity contribution in [3.05, 3.63) is 23.8 Å².